The molecule has 2 amide bonds. The van der Waals surface area contributed by atoms with Crippen molar-refractivity contribution in [3.8, 4) is 0 Å². The standard InChI is InChI=1S/C35H36BrCl2N3O4S/c1-24-10-17-29(18-11-24)46(44,45)41(28-16-19-30(37)31(38)21-28)23-33(42)40(22-26-12-14-27(36)15-13-26)32(34(43)39-35(2,3)4)20-25-8-6-5-7-9-25/h5-19,21,32H,20,22-23H2,1-4H3,(H,39,43)/t32-/m0/s1. The smallest absolute Gasteiger partial charge is 0.264 e. The van der Waals surface area contributed by atoms with Gasteiger partial charge in [-0.3, -0.25) is 13.9 Å². The molecule has 4 aromatic carbocycles. The fourth-order valence-electron chi connectivity index (χ4n) is 4.80. The molecule has 0 bridgehead atoms. The van der Waals surface area contributed by atoms with Crippen molar-refractivity contribution in [2.75, 3.05) is 10.8 Å². The minimum Gasteiger partial charge on any atom is -0.350 e. The Morgan fingerprint density at radius 2 is 1.48 bits per heavy atom. The number of halogens is 3. The lowest BCUT2D eigenvalue weighted by atomic mass is 10.0. The lowest BCUT2D eigenvalue weighted by Crippen LogP contribution is -2.56. The summed E-state index contributed by atoms with van der Waals surface area (Å²) in [5.41, 5.74) is 2.06. The average molecular weight is 746 g/mol. The number of rotatable bonds is 11. The van der Waals surface area contributed by atoms with E-state index in [9.17, 15) is 18.0 Å². The van der Waals surface area contributed by atoms with Gasteiger partial charge in [0.25, 0.3) is 10.0 Å². The molecule has 4 rings (SSSR count). The van der Waals surface area contributed by atoms with Crippen LogP contribution in [0.3, 0.4) is 0 Å². The van der Waals surface area contributed by atoms with Gasteiger partial charge in [0, 0.05) is 23.0 Å². The molecule has 0 fully saturated rings. The van der Waals surface area contributed by atoms with Crippen molar-refractivity contribution < 1.29 is 18.0 Å². The van der Waals surface area contributed by atoms with Crippen LogP contribution in [0.15, 0.2) is 106 Å². The summed E-state index contributed by atoms with van der Waals surface area (Å²) in [4.78, 5) is 30.0. The first-order valence-electron chi connectivity index (χ1n) is 14.6. The Hall–Kier alpha value is -3.37. The molecular weight excluding hydrogens is 709 g/mol. The van der Waals surface area contributed by atoms with Crippen LogP contribution in [0.25, 0.3) is 0 Å². The van der Waals surface area contributed by atoms with E-state index in [4.69, 9.17) is 23.2 Å². The largest absolute Gasteiger partial charge is 0.350 e. The second-order valence-electron chi connectivity index (χ2n) is 12.0. The molecule has 0 radical (unpaired) electrons. The highest BCUT2D eigenvalue weighted by molar-refractivity contribution is 9.10. The van der Waals surface area contributed by atoms with Crippen molar-refractivity contribution in [2.24, 2.45) is 0 Å². The van der Waals surface area contributed by atoms with Crippen LogP contribution in [0, 0.1) is 6.92 Å². The molecule has 46 heavy (non-hydrogen) atoms. The Balaban J connectivity index is 1.83. The second kappa shape index (κ2) is 15.0. The Bertz CT molecular complexity index is 1780. The van der Waals surface area contributed by atoms with Gasteiger partial charge < -0.3 is 10.2 Å². The van der Waals surface area contributed by atoms with Gasteiger partial charge in [0.15, 0.2) is 0 Å². The number of hydrogen-bond acceptors (Lipinski definition) is 4. The van der Waals surface area contributed by atoms with E-state index in [1.165, 1.54) is 35.2 Å². The van der Waals surface area contributed by atoms with Crippen molar-refractivity contribution in [1.29, 1.82) is 0 Å². The first-order chi connectivity index (χ1) is 21.6. The Morgan fingerprint density at radius 1 is 0.848 bits per heavy atom. The van der Waals surface area contributed by atoms with Gasteiger partial charge in [0.05, 0.1) is 20.6 Å². The van der Waals surface area contributed by atoms with E-state index in [-0.39, 0.29) is 39.5 Å². The van der Waals surface area contributed by atoms with Crippen molar-refractivity contribution in [3.05, 3.63) is 128 Å². The molecule has 1 atom stereocenters. The van der Waals surface area contributed by atoms with Gasteiger partial charge in [0.1, 0.15) is 12.6 Å². The van der Waals surface area contributed by atoms with Crippen LogP contribution in [-0.2, 0) is 32.6 Å². The minimum absolute atomic E-state index is 0.00254. The molecule has 0 aromatic heterocycles. The van der Waals surface area contributed by atoms with E-state index in [2.05, 4.69) is 21.2 Å². The molecule has 11 heteroatoms. The fraction of sp³-hybridized carbons (Fsp3) is 0.257. The number of nitrogens with zero attached hydrogens (tertiary/aromatic N) is 2. The van der Waals surface area contributed by atoms with E-state index in [1.54, 1.807) is 12.1 Å². The molecule has 0 aliphatic heterocycles. The summed E-state index contributed by atoms with van der Waals surface area (Å²) in [6.07, 6.45) is 0.211. The second-order valence-corrected chi connectivity index (χ2v) is 15.6. The van der Waals surface area contributed by atoms with E-state index in [0.717, 1.165) is 25.5 Å². The van der Waals surface area contributed by atoms with E-state index >= 15 is 0 Å². The van der Waals surface area contributed by atoms with Crippen LogP contribution < -0.4 is 9.62 Å². The zero-order chi connectivity index (χ0) is 33.6. The van der Waals surface area contributed by atoms with Crippen molar-refractivity contribution in [2.45, 2.75) is 57.1 Å². The number of aryl methyl sites for hydroxylation is 1. The van der Waals surface area contributed by atoms with Gasteiger partial charge in [-0.1, -0.05) is 99.3 Å². The number of hydrogen-bond donors (Lipinski definition) is 1. The molecule has 0 aliphatic carbocycles. The topological polar surface area (TPSA) is 86.8 Å². The first-order valence-corrected chi connectivity index (χ1v) is 17.6. The van der Waals surface area contributed by atoms with Crippen molar-refractivity contribution >= 4 is 66.7 Å². The van der Waals surface area contributed by atoms with Gasteiger partial charge in [-0.25, -0.2) is 8.42 Å². The third kappa shape index (κ3) is 9.35. The summed E-state index contributed by atoms with van der Waals surface area (Å²) in [5, 5.41) is 3.40. The fourth-order valence-corrected chi connectivity index (χ4v) is 6.76. The van der Waals surface area contributed by atoms with Crippen LogP contribution in [0.2, 0.25) is 10.0 Å². The summed E-state index contributed by atoms with van der Waals surface area (Å²) in [7, 11) is -4.26. The van der Waals surface area contributed by atoms with Crippen molar-refractivity contribution in [1.82, 2.24) is 10.2 Å². The normalized spacial score (nSPS) is 12.3. The van der Waals surface area contributed by atoms with Gasteiger partial charge in [-0.2, -0.15) is 0 Å². The molecular formula is C35H36BrCl2N3O4S. The molecule has 4 aromatic rings. The number of anilines is 1. The summed E-state index contributed by atoms with van der Waals surface area (Å²) in [6, 6.07) is 26.6. The SMILES string of the molecule is Cc1ccc(S(=O)(=O)N(CC(=O)N(Cc2ccc(Br)cc2)[C@@H](Cc2ccccc2)C(=O)NC(C)(C)C)c2ccc(Cl)c(Cl)c2)cc1. The number of sulfonamides is 1. The molecule has 0 spiro atoms. The maximum Gasteiger partial charge on any atom is 0.264 e. The summed E-state index contributed by atoms with van der Waals surface area (Å²) in [5.74, 6) is -0.932. The zero-order valence-electron chi connectivity index (χ0n) is 26.0. The first kappa shape index (κ1) is 35.5. The highest BCUT2D eigenvalue weighted by atomic mass is 79.9. The molecule has 0 heterocycles. The predicted octanol–water partition coefficient (Wildman–Crippen LogP) is 7.81. The number of nitrogens with one attached hydrogen (secondary N) is 1. The Labute approximate surface area is 289 Å². The average Bonchev–Trinajstić information content (AvgIpc) is 2.99. The van der Waals surface area contributed by atoms with E-state index in [1.807, 2.05) is 82.3 Å². The van der Waals surface area contributed by atoms with E-state index in [0.29, 0.717) is 0 Å². The Morgan fingerprint density at radius 3 is 2.07 bits per heavy atom. The lowest BCUT2D eigenvalue weighted by Gasteiger charge is -2.35. The van der Waals surface area contributed by atoms with Crippen LogP contribution in [0.5, 0.6) is 0 Å². The number of carbonyl (C=O) groups excluding carboxylic acids is 2. The third-order valence-electron chi connectivity index (χ3n) is 7.11. The number of benzene rings is 4. The van der Waals surface area contributed by atoms with Gasteiger partial charge in [0.2, 0.25) is 11.8 Å². The van der Waals surface area contributed by atoms with E-state index < -0.39 is 34.1 Å². The van der Waals surface area contributed by atoms with Crippen molar-refractivity contribution in [3.63, 3.8) is 0 Å². The van der Waals surface area contributed by atoms with Gasteiger partial charge >= 0.3 is 0 Å². The quantitative estimate of drug-likeness (QED) is 0.170. The molecule has 7 nitrogen and oxygen atoms in total. The third-order valence-corrected chi connectivity index (χ3v) is 10.2. The monoisotopic (exact) mass is 743 g/mol. The summed E-state index contributed by atoms with van der Waals surface area (Å²) >= 11 is 16.0. The molecule has 0 unspecified atom stereocenters. The Kier molecular flexibility index (Phi) is 11.6. The highest BCUT2D eigenvalue weighted by Gasteiger charge is 2.35. The molecule has 0 aliphatic rings. The molecule has 1 N–H and O–H groups in total. The minimum atomic E-state index is -4.26. The van der Waals surface area contributed by atoms with Gasteiger partial charge in [-0.15, -0.1) is 0 Å². The van der Waals surface area contributed by atoms with Crippen LogP contribution in [0.1, 0.15) is 37.5 Å². The van der Waals surface area contributed by atoms with Gasteiger partial charge in [-0.05, 0) is 81.3 Å². The lowest BCUT2D eigenvalue weighted by molar-refractivity contribution is -0.140. The van der Waals surface area contributed by atoms with Crippen LogP contribution in [-0.4, -0.2) is 43.3 Å². The highest BCUT2D eigenvalue weighted by Crippen LogP contribution is 2.31. The zero-order valence-corrected chi connectivity index (χ0v) is 29.9. The summed E-state index contributed by atoms with van der Waals surface area (Å²) in [6.45, 7) is 6.91. The summed E-state index contributed by atoms with van der Waals surface area (Å²) < 4.78 is 30.2. The number of amides is 2. The molecule has 242 valence electrons. The predicted molar refractivity (Wildman–Crippen MR) is 189 cm³/mol. The van der Waals surface area contributed by atoms with Crippen LogP contribution in [0.4, 0.5) is 5.69 Å². The maximum atomic E-state index is 14.6. The maximum absolute atomic E-state index is 14.6. The van der Waals surface area contributed by atoms with Crippen LogP contribution >= 0.6 is 39.1 Å². The molecule has 0 saturated carbocycles. The molecule has 0 saturated heterocycles. The number of carbonyl (C=O) groups is 2.